The fraction of sp³-hybridized carbons (Fsp3) is 0.400. The van der Waals surface area contributed by atoms with Gasteiger partial charge in [0.1, 0.15) is 6.67 Å². The molecule has 44 valence electrons. The molecule has 0 radical (unpaired) electrons. The monoisotopic (exact) mass is 114 g/mol. The molecule has 0 atom stereocenters. The summed E-state index contributed by atoms with van der Waals surface area (Å²) >= 11 is 0. The summed E-state index contributed by atoms with van der Waals surface area (Å²) < 4.78 is 12.2. The third-order valence-electron chi connectivity index (χ3n) is 1.01. The molecule has 0 saturated heterocycles. The van der Waals surface area contributed by atoms with Gasteiger partial charge in [-0.05, 0) is 13.0 Å². The molecule has 3 heteroatoms. The molecule has 1 aliphatic rings. The van der Waals surface area contributed by atoms with Gasteiger partial charge < -0.3 is 0 Å². The molecule has 0 aromatic carbocycles. The number of allylic oxidation sites excluding steroid dienone is 2. The van der Waals surface area contributed by atoms with Crippen LogP contribution in [0.2, 0.25) is 0 Å². The molecule has 0 amide bonds. The van der Waals surface area contributed by atoms with Crippen LogP contribution in [0.15, 0.2) is 16.8 Å². The highest BCUT2D eigenvalue weighted by molar-refractivity contribution is 5.72. The van der Waals surface area contributed by atoms with E-state index < -0.39 is 0 Å². The summed E-state index contributed by atoms with van der Waals surface area (Å²) in [5, 5.41) is 0.597. The Labute approximate surface area is 47.3 Å². The average molecular weight is 114 g/mol. The second-order valence-corrected chi connectivity index (χ2v) is 1.64. The summed E-state index contributed by atoms with van der Waals surface area (Å²) in [7, 11) is 0. The first kappa shape index (κ1) is 5.28. The fourth-order valence-corrected chi connectivity index (χ4v) is 0.472. The molecule has 8 heavy (non-hydrogen) atoms. The Morgan fingerprint density at radius 3 is 3.00 bits per heavy atom. The van der Waals surface area contributed by atoms with Crippen LogP contribution in [0.3, 0.4) is 0 Å². The molecule has 0 N–H and O–H groups in total. The first-order chi connectivity index (χ1) is 3.80. The van der Waals surface area contributed by atoms with Crippen LogP contribution in [0.25, 0.3) is 0 Å². The van der Waals surface area contributed by atoms with Gasteiger partial charge >= 0.3 is 0 Å². The van der Waals surface area contributed by atoms with Gasteiger partial charge in [-0.15, -0.1) is 0 Å². The summed E-state index contributed by atoms with van der Waals surface area (Å²) in [6.07, 6.45) is 3.23. The number of hydrogen-bond donors (Lipinski definition) is 0. The van der Waals surface area contributed by atoms with Crippen molar-refractivity contribution >= 4 is 6.21 Å². The summed E-state index contributed by atoms with van der Waals surface area (Å²) in [4.78, 5) is 3.66. The van der Waals surface area contributed by atoms with E-state index in [9.17, 15) is 4.48 Å². The molecular weight excluding hydrogens is 107 g/mol. The topological polar surface area (TPSA) is 15.6 Å². The average Bonchev–Trinajstić information content (AvgIpc) is 1.77. The molecule has 2 nitrogen and oxygen atoms in total. The van der Waals surface area contributed by atoms with Gasteiger partial charge in [-0.1, -0.05) is 4.48 Å². The van der Waals surface area contributed by atoms with Gasteiger partial charge in [0.2, 0.25) is 0 Å². The second kappa shape index (κ2) is 1.94. The minimum atomic E-state index is 0.141. The highest BCUT2D eigenvalue weighted by atomic mass is 19.2. The van der Waals surface area contributed by atoms with Crippen LogP contribution in [0.5, 0.6) is 0 Å². The van der Waals surface area contributed by atoms with Crippen molar-refractivity contribution in [3.63, 3.8) is 0 Å². The van der Waals surface area contributed by atoms with Crippen molar-refractivity contribution in [1.82, 2.24) is 5.12 Å². The number of aliphatic imine (C=N–C) groups is 1. The predicted molar refractivity (Wildman–Crippen MR) is 30.1 cm³/mol. The zero-order valence-corrected chi connectivity index (χ0v) is 4.63. The van der Waals surface area contributed by atoms with Crippen molar-refractivity contribution in [2.75, 3.05) is 6.67 Å². The van der Waals surface area contributed by atoms with Gasteiger partial charge in [-0.25, -0.2) is 0 Å². The molecule has 1 heterocycles. The Bertz CT molecular complexity index is 139. The zero-order valence-electron chi connectivity index (χ0n) is 4.63. The van der Waals surface area contributed by atoms with Crippen LogP contribution >= 0.6 is 0 Å². The Morgan fingerprint density at radius 1 is 1.88 bits per heavy atom. The molecular formula is C5H7FN2. The Kier molecular flexibility index (Phi) is 1.28. The first-order valence-electron chi connectivity index (χ1n) is 2.41. The van der Waals surface area contributed by atoms with E-state index in [0.29, 0.717) is 10.8 Å². The minimum absolute atomic E-state index is 0.141. The quantitative estimate of drug-likeness (QED) is 0.431. The summed E-state index contributed by atoms with van der Waals surface area (Å²) in [5.74, 6) is 0. The van der Waals surface area contributed by atoms with Crippen LogP contribution in [0.4, 0.5) is 4.48 Å². The smallest absolute Gasteiger partial charge is 0.140 e. The Hall–Kier alpha value is -0.860. The van der Waals surface area contributed by atoms with Gasteiger partial charge in [-0.3, -0.25) is 4.99 Å². The highest BCUT2D eigenvalue weighted by Gasteiger charge is 2.02. The van der Waals surface area contributed by atoms with Gasteiger partial charge in [0.25, 0.3) is 0 Å². The Morgan fingerprint density at radius 2 is 2.62 bits per heavy atom. The molecule has 0 fully saturated rings. The van der Waals surface area contributed by atoms with Crippen LogP contribution in [0, 0.1) is 0 Å². The molecule has 0 spiro atoms. The number of nitrogens with zero attached hydrogens (tertiary/aromatic N) is 2. The van der Waals surface area contributed by atoms with Crippen LogP contribution in [-0.2, 0) is 0 Å². The SMILES string of the molecule is CC1=CC=NCN1F. The van der Waals surface area contributed by atoms with Crippen molar-refractivity contribution in [3.8, 4) is 0 Å². The lowest BCUT2D eigenvalue weighted by Gasteiger charge is -2.12. The van der Waals surface area contributed by atoms with Gasteiger partial charge in [0.15, 0.2) is 0 Å². The van der Waals surface area contributed by atoms with E-state index in [1.54, 1.807) is 19.2 Å². The maximum Gasteiger partial charge on any atom is 0.140 e. The summed E-state index contributed by atoms with van der Waals surface area (Å²) in [6, 6.07) is 0. The zero-order chi connectivity index (χ0) is 5.98. The van der Waals surface area contributed by atoms with Crippen molar-refractivity contribution < 1.29 is 4.48 Å². The van der Waals surface area contributed by atoms with E-state index in [1.807, 2.05) is 0 Å². The molecule has 0 saturated carbocycles. The van der Waals surface area contributed by atoms with E-state index in [0.717, 1.165) is 0 Å². The van der Waals surface area contributed by atoms with E-state index in [4.69, 9.17) is 0 Å². The molecule has 0 aromatic heterocycles. The van der Waals surface area contributed by atoms with Crippen LogP contribution < -0.4 is 0 Å². The lowest BCUT2D eigenvalue weighted by atomic mass is 10.4. The maximum absolute atomic E-state index is 12.2. The molecule has 1 rings (SSSR count). The van der Waals surface area contributed by atoms with E-state index >= 15 is 0 Å². The highest BCUT2D eigenvalue weighted by Crippen LogP contribution is 2.05. The summed E-state index contributed by atoms with van der Waals surface area (Å²) in [6.45, 7) is 1.84. The van der Waals surface area contributed by atoms with Crippen LogP contribution in [0.1, 0.15) is 6.92 Å². The predicted octanol–water partition coefficient (Wildman–Crippen LogP) is 1.12. The van der Waals surface area contributed by atoms with Crippen molar-refractivity contribution in [2.24, 2.45) is 4.99 Å². The lowest BCUT2D eigenvalue weighted by Crippen LogP contribution is -2.13. The summed E-state index contributed by atoms with van der Waals surface area (Å²) in [5.41, 5.74) is 0.611. The fourth-order valence-electron chi connectivity index (χ4n) is 0.472. The third kappa shape index (κ3) is 0.857. The lowest BCUT2D eigenvalue weighted by molar-refractivity contribution is 0.0738. The molecule has 1 aliphatic heterocycles. The maximum atomic E-state index is 12.2. The number of halogens is 1. The second-order valence-electron chi connectivity index (χ2n) is 1.64. The molecule has 0 aromatic rings. The van der Waals surface area contributed by atoms with Gasteiger partial charge in [0, 0.05) is 11.9 Å². The van der Waals surface area contributed by atoms with Crippen molar-refractivity contribution in [1.29, 1.82) is 0 Å². The standard InChI is InChI=1S/C5H7FN2/c1-5-2-3-7-4-8(5)6/h2-3H,4H2,1H3. The van der Waals surface area contributed by atoms with Crippen molar-refractivity contribution in [2.45, 2.75) is 6.92 Å². The van der Waals surface area contributed by atoms with Gasteiger partial charge in [0.05, 0.1) is 0 Å². The normalized spacial score (nSPS) is 18.8. The van der Waals surface area contributed by atoms with E-state index in [1.165, 1.54) is 0 Å². The molecule has 0 bridgehead atoms. The third-order valence-corrected chi connectivity index (χ3v) is 1.01. The number of hydrogen-bond acceptors (Lipinski definition) is 2. The Balaban J connectivity index is 2.66. The van der Waals surface area contributed by atoms with Gasteiger partial charge in [-0.2, -0.15) is 5.12 Å². The first-order valence-corrected chi connectivity index (χ1v) is 2.41. The van der Waals surface area contributed by atoms with E-state index in [2.05, 4.69) is 4.99 Å². The van der Waals surface area contributed by atoms with Crippen LogP contribution in [-0.4, -0.2) is 18.0 Å². The minimum Gasteiger partial charge on any atom is -0.269 e. The largest absolute Gasteiger partial charge is 0.269 e. The molecule has 0 aliphatic carbocycles. The molecule has 0 unspecified atom stereocenters. The van der Waals surface area contributed by atoms with Crippen molar-refractivity contribution in [3.05, 3.63) is 11.8 Å². The van der Waals surface area contributed by atoms with E-state index in [-0.39, 0.29) is 6.67 Å². The number of rotatable bonds is 0.